The molecule has 8 heteroatoms. The first-order valence-electron chi connectivity index (χ1n) is 8.46. The predicted molar refractivity (Wildman–Crippen MR) is 98.2 cm³/mol. The fourth-order valence-corrected chi connectivity index (χ4v) is 4.41. The van der Waals surface area contributed by atoms with E-state index < -0.39 is 0 Å². The van der Waals surface area contributed by atoms with Gasteiger partial charge in [0.2, 0.25) is 0 Å². The second-order valence-corrected chi connectivity index (χ2v) is 7.53. The Labute approximate surface area is 153 Å². The molecule has 4 aromatic rings. The molecule has 5 rings (SSSR count). The van der Waals surface area contributed by atoms with Crippen LogP contribution in [0.4, 0.5) is 0 Å². The average molecular weight is 367 g/mol. The summed E-state index contributed by atoms with van der Waals surface area (Å²) in [5.41, 5.74) is 6.33. The zero-order valence-corrected chi connectivity index (χ0v) is 15.2. The Morgan fingerprint density at radius 1 is 1.38 bits per heavy atom. The molecular formula is C18H17N5O2S. The van der Waals surface area contributed by atoms with E-state index in [2.05, 4.69) is 20.3 Å². The Bertz CT molecular complexity index is 1080. The first-order chi connectivity index (χ1) is 12.6. The van der Waals surface area contributed by atoms with E-state index >= 15 is 0 Å². The van der Waals surface area contributed by atoms with Gasteiger partial charge in [0.05, 0.1) is 28.0 Å². The molecule has 0 radical (unpaired) electrons. The number of fused-ring (bicyclic) bond motifs is 2. The van der Waals surface area contributed by atoms with Crippen LogP contribution in [0, 0.1) is 13.8 Å². The minimum atomic E-state index is 0.0185. The molecular weight excluding hydrogens is 350 g/mol. The summed E-state index contributed by atoms with van der Waals surface area (Å²) in [7, 11) is 0. The number of H-pyrrole nitrogens is 2. The van der Waals surface area contributed by atoms with Gasteiger partial charge < -0.3 is 14.4 Å². The van der Waals surface area contributed by atoms with Crippen LogP contribution >= 0.6 is 11.3 Å². The largest absolute Gasteiger partial charge is 0.361 e. The number of carbonyl (C=O) groups excluding carboxylic acids is 1. The molecule has 0 fully saturated rings. The van der Waals surface area contributed by atoms with Crippen molar-refractivity contribution in [3.8, 4) is 11.3 Å². The standard InChI is InChI=1S/C18H17N5O2S/c1-9-16(10(2)25-22-9)17-11-8-23(5-3-12(11)20-21-17)18(24)14-7-15-13(19-14)4-6-26-15/h4,6-7,19H,3,5,8H2,1-2H3,(H,20,21). The molecule has 0 aliphatic carbocycles. The zero-order valence-electron chi connectivity index (χ0n) is 14.4. The smallest absolute Gasteiger partial charge is 0.270 e. The SMILES string of the molecule is Cc1noc(C)c1-c1n[nH]c2c1CN(C(=O)c1cc3sccc3[nH]1)CC2. The maximum Gasteiger partial charge on any atom is 0.270 e. The van der Waals surface area contributed by atoms with Crippen molar-refractivity contribution in [2.45, 2.75) is 26.8 Å². The Morgan fingerprint density at radius 3 is 3.04 bits per heavy atom. The van der Waals surface area contributed by atoms with Crippen molar-refractivity contribution in [2.75, 3.05) is 6.54 Å². The number of amides is 1. The van der Waals surface area contributed by atoms with Gasteiger partial charge in [-0.25, -0.2) is 0 Å². The molecule has 2 N–H and O–H groups in total. The van der Waals surface area contributed by atoms with Crippen molar-refractivity contribution in [3.63, 3.8) is 0 Å². The van der Waals surface area contributed by atoms with Crippen LogP contribution in [0.3, 0.4) is 0 Å². The summed E-state index contributed by atoms with van der Waals surface area (Å²) in [6, 6.07) is 3.93. The summed E-state index contributed by atoms with van der Waals surface area (Å²) in [6.45, 7) is 4.98. The molecule has 0 saturated carbocycles. The minimum Gasteiger partial charge on any atom is -0.361 e. The highest BCUT2D eigenvalue weighted by atomic mass is 32.1. The number of aryl methyl sites for hydroxylation is 2. The van der Waals surface area contributed by atoms with Crippen molar-refractivity contribution in [1.82, 2.24) is 25.2 Å². The molecule has 0 bridgehead atoms. The maximum atomic E-state index is 13.0. The van der Waals surface area contributed by atoms with Gasteiger partial charge in [-0.15, -0.1) is 11.3 Å². The molecule has 0 aromatic carbocycles. The van der Waals surface area contributed by atoms with Crippen LogP contribution in [0.5, 0.6) is 0 Å². The molecule has 1 amide bonds. The monoisotopic (exact) mass is 367 g/mol. The molecule has 4 aromatic heterocycles. The van der Waals surface area contributed by atoms with Crippen LogP contribution in [-0.4, -0.2) is 37.7 Å². The number of rotatable bonds is 2. The van der Waals surface area contributed by atoms with Crippen molar-refractivity contribution >= 4 is 27.5 Å². The van der Waals surface area contributed by atoms with E-state index in [0.717, 1.165) is 50.6 Å². The van der Waals surface area contributed by atoms with E-state index in [1.54, 1.807) is 11.3 Å². The lowest BCUT2D eigenvalue weighted by atomic mass is 10.00. The number of aromatic nitrogens is 4. The fourth-order valence-electron chi connectivity index (χ4n) is 3.63. The lowest BCUT2D eigenvalue weighted by Gasteiger charge is -2.26. The minimum absolute atomic E-state index is 0.0185. The van der Waals surface area contributed by atoms with Gasteiger partial charge in [-0.1, -0.05) is 5.16 Å². The average Bonchev–Trinajstić information content (AvgIpc) is 3.37. The van der Waals surface area contributed by atoms with Crippen LogP contribution in [0.15, 0.2) is 22.0 Å². The first kappa shape index (κ1) is 15.4. The van der Waals surface area contributed by atoms with E-state index in [1.165, 1.54) is 0 Å². The van der Waals surface area contributed by atoms with E-state index in [1.807, 2.05) is 36.3 Å². The van der Waals surface area contributed by atoms with Crippen molar-refractivity contribution in [2.24, 2.45) is 0 Å². The van der Waals surface area contributed by atoms with E-state index in [4.69, 9.17) is 4.52 Å². The molecule has 132 valence electrons. The third kappa shape index (κ3) is 2.22. The molecule has 7 nitrogen and oxygen atoms in total. The van der Waals surface area contributed by atoms with Crippen molar-refractivity contribution in [1.29, 1.82) is 0 Å². The normalized spacial score (nSPS) is 14.2. The molecule has 0 spiro atoms. The summed E-state index contributed by atoms with van der Waals surface area (Å²) in [5.74, 6) is 0.759. The molecule has 1 aliphatic rings. The predicted octanol–water partition coefficient (Wildman–Crippen LogP) is 3.42. The number of nitrogens with zero attached hydrogens (tertiary/aromatic N) is 3. The number of carbonyl (C=O) groups is 1. The third-order valence-corrected chi connectivity index (χ3v) is 5.83. The number of nitrogens with one attached hydrogen (secondary N) is 2. The number of hydrogen-bond donors (Lipinski definition) is 2. The highest BCUT2D eigenvalue weighted by molar-refractivity contribution is 7.17. The van der Waals surface area contributed by atoms with E-state index in [-0.39, 0.29) is 5.91 Å². The molecule has 1 aliphatic heterocycles. The quantitative estimate of drug-likeness (QED) is 0.568. The van der Waals surface area contributed by atoms with Gasteiger partial charge >= 0.3 is 0 Å². The van der Waals surface area contributed by atoms with E-state index in [9.17, 15) is 4.79 Å². The second-order valence-electron chi connectivity index (χ2n) is 6.59. The molecule has 0 atom stereocenters. The summed E-state index contributed by atoms with van der Waals surface area (Å²) >= 11 is 1.63. The lowest BCUT2D eigenvalue weighted by molar-refractivity contribution is 0.0729. The van der Waals surface area contributed by atoms with Gasteiger partial charge in [-0.05, 0) is 31.4 Å². The maximum absolute atomic E-state index is 13.0. The zero-order chi connectivity index (χ0) is 17.8. The first-order valence-corrected chi connectivity index (χ1v) is 9.34. The van der Waals surface area contributed by atoms with Crippen molar-refractivity contribution < 1.29 is 9.32 Å². The molecule has 26 heavy (non-hydrogen) atoms. The van der Waals surface area contributed by atoms with Gasteiger partial charge in [-0.2, -0.15) is 5.10 Å². The molecule has 0 saturated heterocycles. The number of aromatic amines is 2. The van der Waals surface area contributed by atoms with Gasteiger partial charge in [0, 0.05) is 24.2 Å². The van der Waals surface area contributed by atoms with Gasteiger partial charge in [0.1, 0.15) is 17.1 Å². The topological polar surface area (TPSA) is 90.8 Å². The summed E-state index contributed by atoms with van der Waals surface area (Å²) in [6.07, 6.45) is 0.756. The third-order valence-electron chi connectivity index (χ3n) is 4.96. The Balaban J connectivity index is 1.49. The second kappa shape index (κ2) is 5.57. The Morgan fingerprint density at radius 2 is 2.27 bits per heavy atom. The fraction of sp³-hybridized carbons (Fsp3) is 0.278. The lowest BCUT2D eigenvalue weighted by Crippen LogP contribution is -2.36. The summed E-state index contributed by atoms with van der Waals surface area (Å²) in [5, 5.41) is 13.7. The number of hydrogen-bond acceptors (Lipinski definition) is 5. The Kier molecular flexibility index (Phi) is 3.30. The number of thiophene rings is 1. The molecule has 0 unspecified atom stereocenters. The van der Waals surface area contributed by atoms with Gasteiger partial charge in [0.25, 0.3) is 5.91 Å². The van der Waals surface area contributed by atoms with Crippen LogP contribution in [0.2, 0.25) is 0 Å². The highest BCUT2D eigenvalue weighted by Gasteiger charge is 2.29. The summed E-state index contributed by atoms with van der Waals surface area (Å²) in [4.78, 5) is 18.1. The summed E-state index contributed by atoms with van der Waals surface area (Å²) < 4.78 is 6.39. The van der Waals surface area contributed by atoms with Gasteiger partial charge in [0.15, 0.2) is 0 Å². The van der Waals surface area contributed by atoms with Crippen LogP contribution in [-0.2, 0) is 13.0 Å². The van der Waals surface area contributed by atoms with Crippen molar-refractivity contribution in [3.05, 3.63) is 45.9 Å². The Hall–Kier alpha value is -2.87. The van der Waals surface area contributed by atoms with Gasteiger partial charge in [-0.3, -0.25) is 9.89 Å². The highest BCUT2D eigenvalue weighted by Crippen LogP contribution is 2.33. The molecule has 5 heterocycles. The van der Waals surface area contributed by atoms with Crippen LogP contribution in [0.25, 0.3) is 21.5 Å². The van der Waals surface area contributed by atoms with Crippen LogP contribution < -0.4 is 0 Å². The van der Waals surface area contributed by atoms with E-state index in [0.29, 0.717) is 18.8 Å². The van der Waals surface area contributed by atoms with Crippen LogP contribution in [0.1, 0.15) is 33.2 Å².